The predicted molar refractivity (Wildman–Crippen MR) is 112 cm³/mol. The van der Waals surface area contributed by atoms with Crippen LogP contribution < -0.4 is 20.1 Å². The van der Waals surface area contributed by atoms with Crippen molar-refractivity contribution in [1.29, 1.82) is 0 Å². The van der Waals surface area contributed by atoms with Gasteiger partial charge in [0, 0.05) is 19.2 Å². The first-order chi connectivity index (χ1) is 14.2. The Morgan fingerprint density at radius 3 is 3.00 bits per heavy atom. The third-order valence-corrected chi connectivity index (χ3v) is 4.70. The Balaban J connectivity index is 1.47. The molecule has 0 radical (unpaired) electrons. The topological polar surface area (TPSA) is 85.1 Å². The van der Waals surface area contributed by atoms with Crippen LogP contribution in [-0.4, -0.2) is 40.3 Å². The van der Waals surface area contributed by atoms with Crippen LogP contribution in [0.15, 0.2) is 41.5 Å². The van der Waals surface area contributed by atoms with E-state index in [0.717, 1.165) is 30.0 Å². The Hall–Kier alpha value is -3.00. The number of rotatable bonds is 5. The number of hydrogen-bond donors (Lipinski definition) is 2. The number of guanidine groups is 1. The quantitative estimate of drug-likeness (QED) is 0.493. The highest BCUT2D eigenvalue weighted by Crippen LogP contribution is 2.38. The predicted octanol–water partition coefficient (Wildman–Crippen LogP) is 2.80. The third kappa shape index (κ3) is 4.54. The Morgan fingerprint density at radius 1 is 1.21 bits per heavy atom. The molecule has 0 aliphatic carbocycles. The van der Waals surface area contributed by atoms with Crippen molar-refractivity contribution in [3.8, 4) is 11.5 Å². The fraction of sp³-hybridized carbons (Fsp3) is 0.350. The highest BCUT2D eigenvalue weighted by molar-refractivity contribution is 6.32. The molecular weight excluding hydrogens is 392 g/mol. The molecule has 3 heterocycles. The lowest BCUT2D eigenvalue weighted by atomic mass is 10.2. The van der Waals surface area contributed by atoms with Crippen molar-refractivity contribution in [2.45, 2.75) is 26.4 Å². The van der Waals surface area contributed by atoms with Crippen LogP contribution in [0.2, 0.25) is 5.02 Å². The van der Waals surface area contributed by atoms with Crippen LogP contribution in [0.4, 0.5) is 0 Å². The SMILES string of the molecule is CCNC(=NCc1cc(Cl)c2c(c1)OCCCO2)NCc1nnc2ccccn12. The van der Waals surface area contributed by atoms with Crippen LogP contribution in [0.1, 0.15) is 24.7 Å². The van der Waals surface area contributed by atoms with E-state index in [4.69, 9.17) is 21.1 Å². The van der Waals surface area contributed by atoms with Gasteiger partial charge in [-0.15, -0.1) is 10.2 Å². The molecule has 1 aliphatic heterocycles. The number of nitrogens with zero attached hydrogens (tertiary/aromatic N) is 4. The molecule has 4 rings (SSSR count). The minimum absolute atomic E-state index is 0.451. The third-order valence-electron chi connectivity index (χ3n) is 4.42. The molecule has 152 valence electrons. The van der Waals surface area contributed by atoms with Crippen molar-refractivity contribution in [3.63, 3.8) is 0 Å². The number of fused-ring (bicyclic) bond motifs is 2. The summed E-state index contributed by atoms with van der Waals surface area (Å²) in [6, 6.07) is 9.61. The Bertz CT molecular complexity index is 1020. The molecule has 0 unspecified atom stereocenters. The number of nitrogens with one attached hydrogen (secondary N) is 2. The maximum Gasteiger partial charge on any atom is 0.191 e. The maximum atomic E-state index is 6.38. The van der Waals surface area contributed by atoms with Crippen molar-refractivity contribution >= 4 is 23.2 Å². The van der Waals surface area contributed by atoms with E-state index < -0.39 is 0 Å². The number of ether oxygens (including phenoxy) is 2. The summed E-state index contributed by atoms with van der Waals surface area (Å²) in [5, 5.41) is 15.5. The van der Waals surface area contributed by atoms with Gasteiger partial charge in [-0.1, -0.05) is 17.7 Å². The van der Waals surface area contributed by atoms with Crippen molar-refractivity contribution in [3.05, 3.63) is 52.9 Å². The van der Waals surface area contributed by atoms with Gasteiger partial charge in [0.2, 0.25) is 0 Å². The molecule has 8 nitrogen and oxygen atoms in total. The van der Waals surface area contributed by atoms with Gasteiger partial charge >= 0.3 is 0 Å². The van der Waals surface area contributed by atoms with Crippen LogP contribution in [0.5, 0.6) is 11.5 Å². The summed E-state index contributed by atoms with van der Waals surface area (Å²) in [5.41, 5.74) is 1.76. The second-order valence-electron chi connectivity index (χ2n) is 6.55. The van der Waals surface area contributed by atoms with Crippen LogP contribution in [0.3, 0.4) is 0 Å². The normalized spacial score (nSPS) is 13.9. The fourth-order valence-corrected chi connectivity index (χ4v) is 3.35. The number of hydrogen-bond acceptors (Lipinski definition) is 5. The van der Waals surface area contributed by atoms with Gasteiger partial charge in [-0.05, 0) is 36.8 Å². The van der Waals surface area contributed by atoms with Crippen LogP contribution in [-0.2, 0) is 13.1 Å². The molecule has 0 saturated carbocycles. The zero-order valence-electron chi connectivity index (χ0n) is 16.2. The van der Waals surface area contributed by atoms with Gasteiger partial charge in [0.1, 0.15) is 0 Å². The summed E-state index contributed by atoms with van der Waals surface area (Å²) in [6.45, 7) is 4.94. The molecule has 3 aromatic rings. The molecule has 0 fully saturated rings. The average Bonchev–Trinajstić information content (AvgIpc) is 2.98. The van der Waals surface area contributed by atoms with E-state index in [1.807, 2.05) is 47.9 Å². The molecular formula is C20H23ClN6O2. The Morgan fingerprint density at radius 2 is 2.10 bits per heavy atom. The molecule has 1 aromatic carbocycles. The second kappa shape index (κ2) is 9.00. The van der Waals surface area contributed by atoms with E-state index in [-0.39, 0.29) is 0 Å². The Kier molecular flexibility index (Phi) is 6.00. The molecule has 0 spiro atoms. The van der Waals surface area contributed by atoms with E-state index in [2.05, 4.69) is 25.8 Å². The van der Waals surface area contributed by atoms with Gasteiger partial charge in [-0.3, -0.25) is 4.40 Å². The number of benzene rings is 1. The number of aliphatic imine (C=N–C) groups is 1. The molecule has 0 atom stereocenters. The van der Waals surface area contributed by atoms with E-state index >= 15 is 0 Å². The van der Waals surface area contributed by atoms with E-state index in [1.54, 1.807) is 0 Å². The van der Waals surface area contributed by atoms with Gasteiger partial charge in [0.05, 0.1) is 31.3 Å². The maximum absolute atomic E-state index is 6.38. The summed E-state index contributed by atoms with van der Waals surface area (Å²) in [6.07, 6.45) is 2.78. The monoisotopic (exact) mass is 414 g/mol. The first kappa shape index (κ1) is 19.3. The molecule has 0 saturated heterocycles. The lowest BCUT2D eigenvalue weighted by molar-refractivity contribution is 0.297. The molecule has 29 heavy (non-hydrogen) atoms. The number of halogens is 1. The summed E-state index contributed by atoms with van der Waals surface area (Å²) >= 11 is 6.38. The zero-order valence-corrected chi connectivity index (χ0v) is 16.9. The average molecular weight is 415 g/mol. The Labute approximate surface area is 173 Å². The van der Waals surface area contributed by atoms with Gasteiger partial charge in [-0.25, -0.2) is 4.99 Å². The van der Waals surface area contributed by atoms with Crippen molar-refractivity contribution in [2.75, 3.05) is 19.8 Å². The standard InChI is InChI=1S/C20H23ClN6O2/c1-2-22-20(24-13-18-26-25-17-6-3-4-7-27(17)18)23-12-14-10-15(21)19-16(11-14)28-8-5-9-29-19/h3-4,6-7,10-11H,2,5,8-9,12-13H2,1H3,(H2,22,23,24). The van der Waals surface area contributed by atoms with Gasteiger partial charge in [0.15, 0.2) is 28.9 Å². The lowest BCUT2D eigenvalue weighted by Crippen LogP contribution is -2.37. The molecule has 1 aliphatic rings. The first-order valence-electron chi connectivity index (χ1n) is 9.63. The lowest BCUT2D eigenvalue weighted by Gasteiger charge is -2.12. The van der Waals surface area contributed by atoms with Crippen molar-refractivity contribution < 1.29 is 9.47 Å². The van der Waals surface area contributed by atoms with E-state index in [9.17, 15) is 0 Å². The molecule has 2 N–H and O–H groups in total. The minimum Gasteiger partial charge on any atom is -0.489 e. The summed E-state index contributed by atoms with van der Waals surface area (Å²) in [4.78, 5) is 4.66. The number of aromatic nitrogens is 3. The van der Waals surface area contributed by atoms with E-state index in [1.165, 1.54) is 0 Å². The molecule has 2 aromatic heterocycles. The highest BCUT2D eigenvalue weighted by Gasteiger charge is 2.15. The molecule has 0 bridgehead atoms. The van der Waals surface area contributed by atoms with Crippen LogP contribution >= 0.6 is 11.6 Å². The van der Waals surface area contributed by atoms with Gasteiger partial charge in [0.25, 0.3) is 0 Å². The van der Waals surface area contributed by atoms with E-state index in [0.29, 0.717) is 48.8 Å². The van der Waals surface area contributed by atoms with Gasteiger partial charge in [-0.2, -0.15) is 0 Å². The largest absolute Gasteiger partial charge is 0.489 e. The fourth-order valence-electron chi connectivity index (χ4n) is 3.06. The molecule has 0 amide bonds. The van der Waals surface area contributed by atoms with Crippen molar-refractivity contribution in [1.82, 2.24) is 25.2 Å². The summed E-state index contributed by atoms with van der Waals surface area (Å²) in [5.74, 6) is 2.78. The summed E-state index contributed by atoms with van der Waals surface area (Å²) in [7, 11) is 0. The molecule has 9 heteroatoms. The van der Waals surface area contributed by atoms with Crippen LogP contribution in [0.25, 0.3) is 5.65 Å². The van der Waals surface area contributed by atoms with Gasteiger partial charge < -0.3 is 20.1 Å². The zero-order chi connectivity index (χ0) is 20.1. The smallest absolute Gasteiger partial charge is 0.191 e. The second-order valence-corrected chi connectivity index (χ2v) is 6.96. The first-order valence-corrected chi connectivity index (χ1v) is 10.0. The number of pyridine rings is 1. The van der Waals surface area contributed by atoms with Crippen LogP contribution in [0, 0.1) is 0 Å². The highest BCUT2D eigenvalue weighted by atomic mass is 35.5. The summed E-state index contributed by atoms with van der Waals surface area (Å²) < 4.78 is 13.4. The van der Waals surface area contributed by atoms with Crippen molar-refractivity contribution in [2.24, 2.45) is 4.99 Å². The minimum atomic E-state index is 0.451.